The molecule has 1 N–H and O–H groups in total. The second kappa shape index (κ2) is 5.72. The first-order chi connectivity index (χ1) is 10.0. The Morgan fingerprint density at radius 3 is 2.71 bits per heavy atom. The van der Waals surface area contributed by atoms with Crippen molar-refractivity contribution in [3.8, 4) is 0 Å². The van der Waals surface area contributed by atoms with Crippen LogP contribution in [0.1, 0.15) is 11.1 Å². The molecule has 0 bridgehead atoms. The van der Waals surface area contributed by atoms with Gasteiger partial charge in [0.25, 0.3) is 0 Å². The highest BCUT2D eigenvalue weighted by atomic mass is 79.9. The highest BCUT2D eigenvalue weighted by Crippen LogP contribution is 2.42. The number of pyridine rings is 1. The Balaban J connectivity index is 2.29. The number of halogens is 2. The lowest BCUT2D eigenvalue weighted by molar-refractivity contribution is 0.558. The van der Waals surface area contributed by atoms with Gasteiger partial charge in [-0.3, -0.25) is 4.98 Å². The maximum atomic E-state index is 14.3. The van der Waals surface area contributed by atoms with Crippen LogP contribution in [0.4, 0.5) is 4.39 Å². The number of rotatable bonds is 2. The quantitative estimate of drug-likeness (QED) is 0.765. The minimum absolute atomic E-state index is 0.419. The smallest absolute Gasteiger partial charge is 0.147 e. The van der Waals surface area contributed by atoms with Crippen LogP contribution in [-0.4, -0.2) is 13.5 Å². The van der Waals surface area contributed by atoms with Crippen LogP contribution in [0, 0.1) is 5.82 Å². The maximum absolute atomic E-state index is 14.3. The van der Waals surface area contributed by atoms with E-state index in [4.69, 9.17) is 24.4 Å². The van der Waals surface area contributed by atoms with Crippen LogP contribution < -0.4 is 5.32 Å². The van der Waals surface area contributed by atoms with Crippen LogP contribution in [0.15, 0.2) is 47.2 Å². The molecule has 3 rings (SSSR count). The first kappa shape index (κ1) is 15.0. The number of nitrogens with one attached hydrogen (secondary N) is 1. The topological polar surface area (TPSA) is 24.9 Å². The van der Waals surface area contributed by atoms with Crippen LogP contribution in [0.25, 0.3) is 0 Å². The zero-order chi connectivity index (χ0) is 15.0. The fourth-order valence-electron chi connectivity index (χ4n) is 2.31. The monoisotopic (exact) mass is 398 g/mol. The standard InChI is InChI=1S/C14H8BrFN2S3/c15-9-3-1-2-8(6-9)14(12(19)21-13(20)18-14)10-4-5-17-7-11(10)16/h1-7H,(H,18,20). The minimum atomic E-state index is -0.951. The third-order valence-corrected chi connectivity index (χ3v) is 5.40. The van der Waals surface area contributed by atoms with Crippen molar-refractivity contribution in [1.82, 2.24) is 10.3 Å². The van der Waals surface area contributed by atoms with Crippen LogP contribution in [0.3, 0.4) is 0 Å². The number of hydrogen-bond acceptors (Lipinski definition) is 4. The molecule has 1 aromatic carbocycles. The van der Waals surface area contributed by atoms with Gasteiger partial charge in [-0.1, -0.05) is 64.3 Å². The van der Waals surface area contributed by atoms with Gasteiger partial charge < -0.3 is 5.32 Å². The van der Waals surface area contributed by atoms with Crippen molar-refractivity contribution in [3.63, 3.8) is 0 Å². The van der Waals surface area contributed by atoms with Gasteiger partial charge in [0.05, 0.1) is 10.4 Å². The molecule has 106 valence electrons. The molecule has 21 heavy (non-hydrogen) atoms. The van der Waals surface area contributed by atoms with Crippen molar-refractivity contribution < 1.29 is 4.39 Å². The SMILES string of the molecule is Fc1cnccc1C1(c2cccc(Br)c2)NC(=S)SC1=S. The Labute approximate surface area is 144 Å². The Hall–Kier alpha value is -0.890. The van der Waals surface area contributed by atoms with Gasteiger partial charge in [-0.15, -0.1) is 0 Å². The predicted molar refractivity (Wildman–Crippen MR) is 95.0 cm³/mol. The van der Waals surface area contributed by atoms with E-state index in [0.717, 1.165) is 10.0 Å². The van der Waals surface area contributed by atoms with E-state index in [1.54, 1.807) is 12.3 Å². The van der Waals surface area contributed by atoms with Crippen molar-refractivity contribution in [2.24, 2.45) is 0 Å². The highest BCUT2D eigenvalue weighted by Gasteiger charge is 2.46. The van der Waals surface area contributed by atoms with Gasteiger partial charge in [-0.05, 0) is 23.8 Å². The number of benzene rings is 1. The third-order valence-electron chi connectivity index (χ3n) is 3.22. The molecule has 1 unspecified atom stereocenters. The normalized spacial score (nSPS) is 21.4. The molecule has 1 aliphatic heterocycles. The molecule has 1 fully saturated rings. The van der Waals surface area contributed by atoms with Gasteiger partial charge in [0, 0.05) is 16.2 Å². The fourth-order valence-corrected chi connectivity index (χ4v) is 4.61. The summed E-state index contributed by atoms with van der Waals surface area (Å²) < 4.78 is 16.4. The molecule has 1 atom stereocenters. The van der Waals surface area contributed by atoms with E-state index in [-0.39, 0.29) is 0 Å². The van der Waals surface area contributed by atoms with Crippen molar-refractivity contribution in [3.05, 3.63) is 64.1 Å². The molecule has 0 spiro atoms. The fraction of sp³-hybridized carbons (Fsp3) is 0.0714. The lowest BCUT2D eigenvalue weighted by atomic mass is 9.84. The number of aromatic nitrogens is 1. The van der Waals surface area contributed by atoms with Crippen molar-refractivity contribution >= 4 is 60.6 Å². The molecule has 0 radical (unpaired) electrons. The molecule has 0 aliphatic carbocycles. The maximum Gasteiger partial charge on any atom is 0.147 e. The molecule has 2 aromatic rings. The second-order valence-corrected chi connectivity index (χ2v) is 7.69. The first-order valence-electron chi connectivity index (χ1n) is 5.94. The number of thioether (sulfide) groups is 1. The van der Waals surface area contributed by atoms with Gasteiger partial charge in [0.15, 0.2) is 0 Å². The van der Waals surface area contributed by atoms with Crippen LogP contribution in [0.2, 0.25) is 0 Å². The average molecular weight is 399 g/mol. The van der Waals surface area contributed by atoms with Gasteiger partial charge in [-0.2, -0.15) is 0 Å². The lowest BCUT2D eigenvalue weighted by Crippen LogP contribution is -2.44. The molecule has 1 aromatic heterocycles. The lowest BCUT2D eigenvalue weighted by Gasteiger charge is -2.30. The number of hydrogen-bond donors (Lipinski definition) is 1. The highest BCUT2D eigenvalue weighted by molar-refractivity contribution is 9.10. The molecule has 2 heterocycles. The average Bonchev–Trinajstić information content (AvgIpc) is 2.75. The van der Waals surface area contributed by atoms with E-state index in [1.807, 2.05) is 24.3 Å². The minimum Gasteiger partial charge on any atom is -0.352 e. The molecule has 0 saturated carbocycles. The van der Waals surface area contributed by atoms with Crippen LogP contribution in [0.5, 0.6) is 0 Å². The van der Waals surface area contributed by atoms with Crippen molar-refractivity contribution in [1.29, 1.82) is 0 Å². The summed E-state index contributed by atoms with van der Waals surface area (Å²) in [7, 11) is 0. The van der Waals surface area contributed by atoms with E-state index in [1.165, 1.54) is 18.0 Å². The Morgan fingerprint density at radius 1 is 1.29 bits per heavy atom. The van der Waals surface area contributed by atoms with Crippen LogP contribution in [-0.2, 0) is 5.54 Å². The van der Waals surface area contributed by atoms with Crippen molar-refractivity contribution in [2.75, 3.05) is 0 Å². The molecule has 2 nitrogen and oxygen atoms in total. The largest absolute Gasteiger partial charge is 0.352 e. The van der Waals surface area contributed by atoms with Gasteiger partial charge in [0.1, 0.15) is 15.7 Å². The molecule has 0 amide bonds. The summed E-state index contributed by atoms with van der Waals surface area (Å²) in [5, 5.41) is 3.18. The van der Waals surface area contributed by atoms with E-state index in [9.17, 15) is 4.39 Å². The molecular formula is C14H8BrFN2S3. The Morgan fingerprint density at radius 2 is 2.10 bits per heavy atom. The molecule has 1 aliphatic rings. The molecule has 1 saturated heterocycles. The molecule has 7 heteroatoms. The summed E-state index contributed by atoms with van der Waals surface area (Å²) in [5.74, 6) is -0.419. The summed E-state index contributed by atoms with van der Waals surface area (Å²) in [4.78, 5) is 3.81. The van der Waals surface area contributed by atoms with E-state index in [2.05, 4.69) is 26.2 Å². The number of thiocarbonyl (C=S) groups is 2. The summed E-state index contributed by atoms with van der Waals surface area (Å²) in [6.07, 6.45) is 2.74. The zero-order valence-corrected chi connectivity index (χ0v) is 14.5. The summed E-state index contributed by atoms with van der Waals surface area (Å²) in [5.41, 5.74) is 0.306. The number of nitrogens with zero attached hydrogens (tertiary/aromatic N) is 1. The Bertz CT molecular complexity index is 753. The second-order valence-electron chi connectivity index (χ2n) is 4.42. The van der Waals surface area contributed by atoms with Gasteiger partial charge in [0.2, 0.25) is 0 Å². The summed E-state index contributed by atoms with van der Waals surface area (Å²) >= 11 is 15.5. The van der Waals surface area contributed by atoms with E-state index >= 15 is 0 Å². The predicted octanol–water partition coefficient (Wildman–Crippen LogP) is 4.18. The van der Waals surface area contributed by atoms with E-state index in [0.29, 0.717) is 14.1 Å². The summed E-state index contributed by atoms with van der Waals surface area (Å²) in [6.45, 7) is 0. The third kappa shape index (κ3) is 2.52. The first-order valence-corrected chi connectivity index (χ1v) is 8.37. The zero-order valence-electron chi connectivity index (χ0n) is 10.5. The molecular weight excluding hydrogens is 391 g/mol. The van der Waals surface area contributed by atoms with E-state index < -0.39 is 11.4 Å². The van der Waals surface area contributed by atoms with Crippen LogP contribution >= 0.6 is 52.1 Å². The van der Waals surface area contributed by atoms with Crippen molar-refractivity contribution in [2.45, 2.75) is 5.54 Å². The van der Waals surface area contributed by atoms with Gasteiger partial charge >= 0.3 is 0 Å². The van der Waals surface area contributed by atoms with Gasteiger partial charge in [-0.25, -0.2) is 4.39 Å². The summed E-state index contributed by atoms with van der Waals surface area (Å²) in [6, 6.07) is 9.23. The Kier molecular flexibility index (Phi) is 4.09.